The van der Waals surface area contributed by atoms with Crippen molar-refractivity contribution in [1.82, 2.24) is 10.9 Å². The van der Waals surface area contributed by atoms with Crippen molar-refractivity contribution < 1.29 is 4.74 Å². The molecule has 20 heavy (non-hydrogen) atoms. The van der Waals surface area contributed by atoms with E-state index in [1.54, 1.807) is 0 Å². The number of nitrogens with one attached hydrogen (secondary N) is 2. The van der Waals surface area contributed by atoms with Crippen LogP contribution in [0.3, 0.4) is 0 Å². The molecule has 0 amide bonds. The van der Waals surface area contributed by atoms with Gasteiger partial charge in [-0.05, 0) is 67.9 Å². The highest BCUT2D eigenvalue weighted by Gasteiger charge is 2.18. The molecule has 2 aliphatic rings. The van der Waals surface area contributed by atoms with Crippen molar-refractivity contribution in [2.45, 2.75) is 45.6 Å². The van der Waals surface area contributed by atoms with E-state index in [1.807, 2.05) is 0 Å². The van der Waals surface area contributed by atoms with Gasteiger partial charge in [0, 0.05) is 13.1 Å². The molecule has 2 N–H and O–H groups in total. The van der Waals surface area contributed by atoms with E-state index in [2.05, 4.69) is 42.9 Å². The maximum atomic E-state index is 6.17. The van der Waals surface area contributed by atoms with Gasteiger partial charge in [0.2, 0.25) is 0 Å². The van der Waals surface area contributed by atoms with Gasteiger partial charge in [-0.3, -0.25) is 10.9 Å². The topological polar surface area (TPSA) is 33.3 Å². The summed E-state index contributed by atoms with van der Waals surface area (Å²) in [5.41, 5.74) is 11.6. The Hall–Kier alpha value is -1.32. The number of hydrazine groups is 1. The van der Waals surface area contributed by atoms with Gasteiger partial charge in [0.25, 0.3) is 0 Å². The summed E-state index contributed by atoms with van der Waals surface area (Å²) in [6, 6.07) is 4.33. The predicted molar refractivity (Wildman–Crippen MR) is 82.8 cm³/mol. The molecule has 108 valence electrons. The van der Waals surface area contributed by atoms with Gasteiger partial charge >= 0.3 is 0 Å². The van der Waals surface area contributed by atoms with Crippen molar-refractivity contribution in [3.8, 4) is 5.75 Å². The van der Waals surface area contributed by atoms with Gasteiger partial charge in [0.15, 0.2) is 0 Å². The first kappa shape index (κ1) is 13.7. The lowest BCUT2D eigenvalue weighted by atomic mass is 10.0. The quantitative estimate of drug-likeness (QED) is 0.887. The second-order valence-corrected chi connectivity index (χ2v) is 5.94. The third-order valence-electron chi connectivity index (χ3n) is 4.49. The van der Waals surface area contributed by atoms with Crippen LogP contribution in [0, 0.1) is 13.8 Å². The maximum Gasteiger partial charge on any atom is 0.122 e. The van der Waals surface area contributed by atoms with Gasteiger partial charge in [-0.2, -0.15) is 0 Å². The summed E-state index contributed by atoms with van der Waals surface area (Å²) in [5.74, 6) is 1.07. The molecule has 1 saturated heterocycles. The zero-order valence-electron chi connectivity index (χ0n) is 12.5. The van der Waals surface area contributed by atoms with Crippen LogP contribution in [0.1, 0.15) is 42.4 Å². The Morgan fingerprint density at radius 3 is 2.45 bits per heavy atom. The number of hydrogen-bond acceptors (Lipinski definition) is 3. The van der Waals surface area contributed by atoms with E-state index in [0.29, 0.717) is 6.10 Å². The van der Waals surface area contributed by atoms with Gasteiger partial charge in [0.05, 0.1) is 6.10 Å². The van der Waals surface area contributed by atoms with Gasteiger partial charge in [-0.1, -0.05) is 12.1 Å². The van der Waals surface area contributed by atoms with Crippen molar-refractivity contribution in [2.24, 2.45) is 0 Å². The van der Waals surface area contributed by atoms with Crippen molar-refractivity contribution in [3.63, 3.8) is 0 Å². The van der Waals surface area contributed by atoms with Gasteiger partial charge in [-0.15, -0.1) is 0 Å². The summed E-state index contributed by atoms with van der Waals surface area (Å²) >= 11 is 0. The van der Waals surface area contributed by atoms with Crippen LogP contribution in [0.4, 0.5) is 0 Å². The second kappa shape index (κ2) is 5.98. The summed E-state index contributed by atoms with van der Waals surface area (Å²) in [4.78, 5) is 0. The summed E-state index contributed by atoms with van der Waals surface area (Å²) in [7, 11) is 0. The van der Waals surface area contributed by atoms with Crippen LogP contribution in [0.15, 0.2) is 17.7 Å². The van der Waals surface area contributed by atoms with E-state index in [0.717, 1.165) is 18.8 Å². The lowest BCUT2D eigenvalue weighted by Crippen LogP contribution is -2.21. The largest absolute Gasteiger partial charge is 0.490 e. The Labute approximate surface area is 121 Å². The molecule has 0 spiro atoms. The lowest BCUT2D eigenvalue weighted by Gasteiger charge is -2.17. The maximum absolute atomic E-state index is 6.17. The Balaban J connectivity index is 1.80. The summed E-state index contributed by atoms with van der Waals surface area (Å²) in [5, 5.41) is 0. The molecule has 2 fully saturated rings. The first-order valence-corrected chi connectivity index (χ1v) is 7.66. The highest BCUT2D eigenvalue weighted by molar-refractivity contribution is 5.61. The number of ether oxygens (including phenoxy) is 1. The summed E-state index contributed by atoms with van der Waals surface area (Å²) in [6.07, 6.45) is 7.76. The molecule has 1 aromatic rings. The number of hydrogen-bond donors (Lipinski definition) is 2. The highest BCUT2D eigenvalue weighted by Crippen LogP contribution is 2.30. The first-order valence-electron chi connectivity index (χ1n) is 7.66. The van der Waals surface area contributed by atoms with Gasteiger partial charge in [-0.25, -0.2) is 0 Å². The molecule has 1 heterocycles. The van der Waals surface area contributed by atoms with Crippen molar-refractivity contribution >= 4 is 6.08 Å². The predicted octanol–water partition coefficient (Wildman–Crippen LogP) is 3.12. The van der Waals surface area contributed by atoms with E-state index in [1.165, 1.54) is 47.9 Å². The van der Waals surface area contributed by atoms with E-state index in [-0.39, 0.29) is 0 Å². The van der Waals surface area contributed by atoms with Crippen LogP contribution in [-0.2, 0) is 0 Å². The first-order chi connectivity index (χ1) is 9.74. The molecule has 3 nitrogen and oxygen atoms in total. The highest BCUT2D eigenvalue weighted by atomic mass is 16.5. The molecule has 3 rings (SSSR count). The Morgan fingerprint density at radius 1 is 1.05 bits per heavy atom. The molecule has 1 saturated carbocycles. The minimum absolute atomic E-state index is 0.431. The smallest absolute Gasteiger partial charge is 0.122 e. The molecular formula is C17H24N2O. The van der Waals surface area contributed by atoms with Gasteiger partial charge in [0.1, 0.15) is 5.75 Å². The van der Waals surface area contributed by atoms with E-state index in [4.69, 9.17) is 4.74 Å². The minimum Gasteiger partial charge on any atom is -0.490 e. The Morgan fingerprint density at radius 2 is 1.75 bits per heavy atom. The standard InChI is InChI=1S/C17H24N2O/c1-12-13(2)17(20-16-5-3-4-6-16)8-7-15(12)9-14-10-18-19-11-14/h7-9,16,18-19H,3-6,10-11H2,1-2H3. The summed E-state index contributed by atoms with van der Waals surface area (Å²) < 4.78 is 6.17. The molecule has 1 aromatic carbocycles. The second-order valence-electron chi connectivity index (χ2n) is 5.94. The van der Waals surface area contributed by atoms with Crippen LogP contribution >= 0.6 is 0 Å². The van der Waals surface area contributed by atoms with Crippen LogP contribution in [0.2, 0.25) is 0 Å². The minimum atomic E-state index is 0.431. The van der Waals surface area contributed by atoms with E-state index in [9.17, 15) is 0 Å². The summed E-state index contributed by atoms with van der Waals surface area (Å²) in [6.45, 7) is 6.23. The third kappa shape index (κ3) is 2.89. The van der Waals surface area contributed by atoms with Gasteiger partial charge < -0.3 is 4.74 Å². The molecule has 0 bridgehead atoms. The lowest BCUT2D eigenvalue weighted by molar-refractivity contribution is 0.208. The molecule has 1 aliphatic heterocycles. The zero-order chi connectivity index (χ0) is 13.9. The fraction of sp³-hybridized carbons (Fsp3) is 0.529. The molecular weight excluding hydrogens is 248 g/mol. The van der Waals surface area contributed by atoms with Crippen molar-refractivity contribution in [2.75, 3.05) is 13.1 Å². The van der Waals surface area contributed by atoms with Crippen LogP contribution < -0.4 is 15.6 Å². The number of benzene rings is 1. The fourth-order valence-corrected chi connectivity index (χ4v) is 3.02. The third-order valence-corrected chi connectivity index (χ3v) is 4.49. The monoisotopic (exact) mass is 272 g/mol. The van der Waals surface area contributed by atoms with Crippen LogP contribution in [0.5, 0.6) is 5.75 Å². The van der Waals surface area contributed by atoms with E-state index < -0.39 is 0 Å². The zero-order valence-corrected chi connectivity index (χ0v) is 12.5. The van der Waals surface area contributed by atoms with Crippen LogP contribution in [0.25, 0.3) is 6.08 Å². The average Bonchev–Trinajstić information content (AvgIpc) is 3.12. The van der Waals surface area contributed by atoms with E-state index >= 15 is 0 Å². The molecule has 0 unspecified atom stereocenters. The molecule has 0 atom stereocenters. The number of rotatable bonds is 3. The average molecular weight is 272 g/mol. The molecule has 1 aliphatic carbocycles. The Kier molecular flexibility index (Phi) is 4.08. The van der Waals surface area contributed by atoms with Crippen molar-refractivity contribution in [3.05, 3.63) is 34.4 Å². The molecule has 0 aromatic heterocycles. The Bertz CT molecular complexity index is 508. The molecule has 0 radical (unpaired) electrons. The normalized spacial score (nSPS) is 19.6. The SMILES string of the molecule is Cc1c(C=C2CNNC2)ccc(OC2CCCC2)c1C. The molecule has 3 heteroatoms. The van der Waals surface area contributed by atoms with Crippen LogP contribution in [-0.4, -0.2) is 19.2 Å². The van der Waals surface area contributed by atoms with Crippen molar-refractivity contribution in [1.29, 1.82) is 0 Å². The fourth-order valence-electron chi connectivity index (χ4n) is 3.02.